The van der Waals surface area contributed by atoms with Gasteiger partial charge in [0, 0.05) is 35.7 Å². The minimum Gasteiger partial charge on any atom is -0.323 e. The summed E-state index contributed by atoms with van der Waals surface area (Å²) in [6.45, 7) is 2.27. The van der Waals surface area contributed by atoms with Crippen LogP contribution in [0.3, 0.4) is 0 Å². The lowest BCUT2D eigenvalue weighted by Crippen LogP contribution is -2.33. The van der Waals surface area contributed by atoms with Gasteiger partial charge in [0.15, 0.2) is 5.16 Å². The van der Waals surface area contributed by atoms with Gasteiger partial charge < -0.3 is 9.47 Å². The van der Waals surface area contributed by atoms with Gasteiger partial charge in [-0.25, -0.2) is 4.98 Å². The first-order chi connectivity index (χ1) is 12.1. The van der Waals surface area contributed by atoms with Crippen molar-refractivity contribution in [1.29, 1.82) is 5.26 Å². The van der Waals surface area contributed by atoms with E-state index in [1.54, 1.807) is 17.2 Å². The molecule has 1 aliphatic rings. The monoisotopic (exact) mass is 374 g/mol. The lowest BCUT2D eigenvalue weighted by Gasteiger charge is -2.22. The number of amides is 1. The fourth-order valence-corrected chi connectivity index (χ4v) is 3.62. The van der Waals surface area contributed by atoms with Gasteiger partial charge in [-0.2, -0.15) is 5.26 Å². The van der Waals surface area contributed by atoms with Crippen molar-refractivity contribution < 1.29 is 4.79 Å². The summed E-state index contributed by atoms with van der Waals surface area (Å²) >= 11 is 7.53. The molecular weight excluding hydrogens is 356 g/mol. The Morgan fingerprint density at radius 2 is 2.32 bits per heavy atom. The lowest BCUT2D eigenvalue weighted by molar-refractivity contribution is -0.116. The molecule has 1 aromatic carbocycles. The predicted molar refractivity (Wildman–Crippen MR) is 100.0 cm³/mol. The second-order valence-electron chi connectivity index (χ2n) is 6.02. The van der Waals surface area contributed by atoms with Crippen LogP contribution in [0, 0.1) is 18.3 Å². The summed E-state index contributed by atoms with van der Waals surface area (Å²) in [6, 6.07) is 8.13. The van der Waals surface area contributed by atoms with E-state index in [2.05, 4.69) is 15.6 Å². The van der Waals surface area contributed by atoms with E-state index in [1.807, 2.05) is 25.3 Å². The number of rotatable bonds is 7. The second kappa shape index (κ2) is 7.94. The molecule has 0 saturated heterocycles. The third kappa shape index (κ3) is 4.36. The molecule has 0 radical (unpaired) electrons. The minimum atomic E-state index is -0.0349. The summed E-state index contributed by atoms with van der Waals surface area (Å²) in [7, 11) is 0. The highest BCUT2D eigenvalue weighted by molar-refractivity contribution is 7.99. The molecule has 0 spiro atoms. The molecule has 2 aromatic rings. The van der Waals surface area contributed by atoms with Crippen molar-refractivity contribution in [3.8, 4) is 6.07 Å². The zero-order valence-electron chi connectivity index (χ0n) is 14.0. The van der Waals surface area contributed by atoms with Crippen molar-refractivity contribution in [2.24, 2.45) is 0 Å². The van der Waals surface area contributed by atoms with E-state index in [0.717, 1.165) is 16.4 Å². The number of carbonyl (C=O) groups excluding carboxylic acids is 1. The Kier molecular flexibility index (Phi) is 5.67. The summed E-state index contributed by atoms with van der Waals surface area (Å²) in [6.07, 6.45) is 6.39. The summed E-state index contributed by atoms with van der Waals surface area (Å²) in [5.41, 5.74) is 1.68. The van der Waals surface area contributed by atoms with Crippen molar-refractivity contribution >= 4 is 35.0 Å². The van der Waals surface area contributed by atoms with E-state index in [9.17, 15) is 4.79 Å². The predicted octanol–water partition coefficient (Wildman–Crippen LogP) is 4.22. The van der Waals surface area contributed by atoms with Gasteiger partial charge in [0.25, 0.3) is 0 Å². The summed E-state index contributed by atoms with van der Waals surface area (Å²) in [5, 5.41) is 10.4. The number of anilines is 1. The number of hydrogen-bond donors (Lipinski definition) is 0. The third-order valence-corrected chi connectivity index (χ3v) is 5.49. The summed E-state index contributed by atoms with van der Waals surface area (Å²) < 4.78 is 2.14. The fraction of sp³-hybridized carbons (Fsp3) is 0.389. The normalized spacial score (nSPS) is 13.5. The first-order valence-electron chi connectivity index (χ1n) is 8.19. The van der Waals surface area contributed by atoms with Crippen molar-refractivity contribution in [3.05, 3.63) is 41.2 Å². The highest BCUT2D eigenvalue weighted by atomic mass is 35.5. The number of nitrogens with zero attached hydrogens (tertiary/aromatic N) is 4. The smallest absolute Gasteiger partial charge is 0.237 e. The summed E-state index contributed by atoms with van der Waals surface area (Å²) in [5.74, 6) is 0.254. The number of benzene rings is 1. The van der Waals surface area contributed by atoms with Crippen LogP contribution in [0.4, 0.5) is 5.69 Å². The largest absolute Gasteiger partial charge is 0.323 e. The van der Waals surface area contributed by atoms with Gasteiger partial charge in [-0.05, 0) is 43.5 Å². The zero-order valence-corrected chi connectivity index (χ0v) is 15.6. The number of carbonyl (C=O) groups is 1. The van der Waals surface area contributed by atoms with Gasteiger partial charge in [-0.3, -0.25) is 4.79 Å². The maximum absolute atomic E-state index is 12.8. The van der Waals surface area contributed by atoms with E-state index in [0.29, 0.717) is 17.6 Å². The molecule has 1 aromatic heterocycles. The quantitative estimate of drug-likeness (QED) is 0.681. The molecule has 3 rings (SSSR count). The van der Waals surface area contributed by atoms with Crippen LogP contribution in [0.2, 0.25) is 5.02 Å². The molecule has 0 N–H and O–H groups in total. The first kappa shape index (κ1) is 17.8. The van der Waals surface area contributed by atoms with Crippen LogP contribution < -0.4 is 4.90 Å². The molecule has 0 aliphatic heterocycles. The van der Waals surface area contributed by atoms with Crippen LogP contribution in [0.25, 0.3) is 0 Å². The fourth-order valence-electron chi connectivity index (χ4n) is 2.60. The van der Waals surface area contributed by atoms with Gasteiger partial charge >= 0.3 is 0 Å². The van der Waals surface area contributed by atoms with Crippen molar-refractivity contribution in [2.45, 2.75) is 37.4 Å². The van der Waals surface area contributed by atoms with E-state index in [1.165, 1.54) is 24.6 Å². The van der Waals surface area contributed by atoms with Crippen molar-refractivity contribution in [2.75, 3.05) is 17.2 Å². The van der Waals surface area contributed by atoms with Crippen LogP contribution in [-0.2, 0) is 4.79 Å². The Hall–Kier alpha value is -1.97. The van der Waals surface area contributed by atoms with Gasteiger partial charge in [0.2, 0.25) is 5.91 Å². The number of nitriles is 1. The molecule has 1 aliphatic carbocycles. The topological polar surface area (TPSA) is 61.9 Å². The number of halogens is 1. The van der Waals surface area contributed by atoms with Gasteiger partial charge in [-0.15, -0.1) is 0 Å². The zero-order chi connectivity index (χ0) is 17.8. The Labute approximate surface area is 156 Å². The molecule has 1 fully saturated rings. The molecule has 25 heavy (non-hydrogen) atoms. The van der Waals surface area contributed by atoms with Gasteiger partial charge in [-0.1, -0.05) is 23.4 Å². The van der Waals surface area contributed by atoms with Gasteiger partial charge in [0.1, 0.15) is 0 Å². The Bertz CT molecular complexity index is 810. The third-order valence-electron chi connectivity index (χ3n) is 4.10. The number of hydrogen-bond acceptors (Lipinski definition) is 4. The number of imidazole rings is 1. The molecule has 5 nitrogen and oxygen atoms in total. The Balaban J connectivity index is 1.71. The molecule has 7 heteroatoms. The molecule has 0 atom stereocenters. The average Bonchev–Trinajstić information content (AvgIpc) is 3.34. The molecule has 0 bridgehead atoms. The lowest BCUT2D eigenvalue weighted by atomic mass is 10.2. The van der Waals surface area contributed by atoms with E-state index >= 15 is 0 Å². The first-order valence-corrected chi connectivity index (χ1v) is 9.55. The van der Waals surface area contributed by atoms with Gasteiger partial charge in [0.05, 0.1) is 18.2 Å². The second-order valence-corrected chi connectivity index (χ2v) is 7.37. The molecule has 130 valence electrons. The highest BCUT2D eigenvalue weighted by Crippen LogP contribution is 2.37. The molecule has 1 heterocycles. The highest BCUT2D eigenvalue weighted by Gasteiger charge is 2.26. The van der Waals surface area contributed by atoms with E-state index in [4.69, 9.17) is 16.9 Å². The molecule has 0 unspecified atom stereocenters. The molecule has 1 saturated carbocycles. The standard InChI is InChI=1S/C18H19ClN4OS/c1-13-11-15(5-6-16(13)19)22(9-2-7-20)17(24)12-25-18-21-8-10-23(18)14-3-4-14/h5-6,8,10-11,14H,2-4,9,12H2,1H3. The summed E-state index contributed by atoms with van der Waals surface area (Å²) in [4.78, 5) is 18.8. The SMILES string of the molecule is Cc1cc(N(CCC#N)C(=O)CSc2nccn2C2CC2)ccc1Cl. The van der Waals surface area contributed by atoms with Crippen LogP contribution in [0.5, 0.6) is 0 Å². The number of aromatic nitrogens is 2. The van der Waals surface area contributed by atoms with Crippen molar-refractivity contribution in [1.82, 2.24) is 9.55 Å². The number of thioether (sulfide) groups is 1. The molecule has 1 amide bonds. The van der Waals surface area contributed by atoms with E-state index < -0.39 is 0 Å². The minimum absolute atomic E-state index is 0.0349. The maximum Gasteiger partial charge on any atom is 0.237 e. The number of aryl methyl sites for hydroxylation is 1. The maximum atomic E-state index is 12.8. The molecular formula is C18H19ClN4OS. The Morgan fingerprint density at radius 3 is 3.00 bits per heavy atom. The van der Waals surface area contributed by atoms with Crippen LogP contribution in [0.1, 0.15) is 30.9 Å². The Morgan fingerprint density at radius 1 is 1.52 bits per heavy atom. The average molecular weight is 375 g/mol. The van der Waals surface area contributed by atoms with Crippen LogP contribution >= 0.6 is 23.4 Å². The van der Waals surface area contributed by atoms with E-state index in [-0.39, 0.29) is 18.1 Å². The van der Waals surface area contributed by atoms with Crippen molar-refractivity contribution in [3.63, 3.8) is 0 Å². The van der Waals surface area contributed by atoms with Crippen LogP contribution in [-0.4, -0.2) is 27.8 Å². The van der Waals surface area contributed by atoms with Crippen LogP contribution in [0.15, 0.2) is 35.7 Å².